The topological polar surface area (TPSA) is 33.3 Å². The monoisotopic (exact) mass is 154 g/mol. The molecule has 0 amide bonds. The lowest BCUT2D eigenvalue weighted by Gasteiger charge is -2.02. The van der Waals surface area contributed by atoms with Gasteiger partial charge in [-0.15, -0.1) is 0 Å². The molecule has 0 bridgehead atoms. The van der Waals surface area contributed by atoms with Crippen molar-refractivity contribution in [3.05, 3.63) is 0 Å². The van der Waals surface area contributed by atoms with Gasteiger partial charge in [0.1, 0.15) is 4.83 Å². The van der Waals surface area contributed by atoms with E-state index in [0.29, 0.717) is 0 Å². The Morgan fingerprint density at radius 3 is 2.62 bits per heavy atom. The molecule has 1 aliphatic rings. The first-order valence-electron chi connectivity index (χ1n) is 2.16. The molecule has 0 spiro atoms. The third-order valence-corrected chi connectivity index (χ3v) is 2.10. The first-order chi connectivity index (χ1) is 3.83. The Balaban J connectivity index is 2.22. The van der Waals surface area contributed by atoms with Gasteiger partial charge < -0.3 is 4.74 Å². The molecule has 0 aromatic rings. The summed E-state index contributed by atoms with van der Waals surface area (Å²) < 4.78 is 4.89. The molecule has 0 aromatic heterocycles. The van der Waals surface area contributed by atoms with Crippen LogP contribution < -0.4 is 10.9 Å². The van der Waals surface area contributed by atoms with Gasteiger partial charge in [0.2, 0.25) is 0 Å². The molecule has 0 aromatic carbocycles. The van der Waals surface area contributed by atoms with Crippen LogP contribution in [0.15, 0.2) is 0 Å². The molecule has 2 N–H and O–H groups in total. The van der Waals surface area contributed by atoms with E-state index in [2.05, 4.69) is 10.9 Å². The summed E-state index contributed by atoms with van der Waals surface area (Å²) in [5.74, 6) is 0. The number of halogens is 1. The average molecular weight is 155 g/mol. The van der Waals surface area contributed by atoms with E-state index in [4.69, 9.17) is 16.3 Å². The first kappa shape index (κ1) is 6.64. The number of nitrogens with one attached hydrogen (secondary N) is 2. The van der Waals surface area contributed by atoms with Crippen LogP contribution in [0, 0.1) is 0 Å². The van der Waals surface area contributed by atoms with Gasteiger partial charge in [-0.1, -0.05) is 23.4 Å². The molecule has 1 saturated heterocycles. The summed E-state index contributed by atoms with van der Waals surface area (Å²) in [4.78, 5) is -0.0695. The Labute approximate surface area is 57.1 Å². The fourth-order valence-electron chi connectivity index (χ4n) is 0.425. The van der Waals surface area contributed by atoms with E-state index in [1.54, 1.807) is 7.11 Å². The van der Waals surface area contributed by atoms with E-state index in [0.717, 1.165) is 0 Å². The van der Waals surface area contributed by atoms with Gasteiger partial charge in [-0.3, -0.25) is 0 Å². The third-order valence-electron chi connectivity index (χ3n) is 0.772. The maximum atomic E-state index is 5.60. The molecule has 2 atom stereocenters. The van der Waals surface area contributed by atoms with E-state index >= 15 is 0 Å². The van der Waals surface area contributed by atoms with Crippen molar-refractivity contribution in [1.82, 2.24) is 10.9 Å². The summed E-state index contributed by atoms with van der Waals surface area (Å²) in [6, 6.07) is 0. The van der Waals surface area contributed by atoms with Crippen molar-refractivity contribution in [2.45, 2.75) is 10.4 Å². The number of thioether (sulfide) groups is 1. The number of hydrogen-bond acceptors (Lipinski definition) is 4. The summed E-state index contributed by atoms with van der Waals surface area (Å²) in [7, 11) is 1.63. The normalized spacial score (nSPS) is 38.2. The second-order valence-corrected chi connectivity index (χ2v) is 3.18. The molecule has 48 valence electrons. The maximum absolute atomic E-state index is 5.60. The van der Waals surface area contributed by atoms with Gasteiger partial charge in [0.25, 0.3) is 0 Å². The number of hydrogen-bond donors (Lipinski definition) is 2. The number of ether oxygens (including phenoxy) is 1. The van der Waals surface area contributed by atoms with E-state index in [9.17, 15) is 0 Å². The fourth-order valence-corrected chi connectivity index (χ4v) is 1.37. The van der Waals surface area contributed by atoms with Crippen LogP contribution in [0.4, 0.5) is 0 Å². The van der Waals surface area contributed by atoms with Crippen molar-refractivity contribution in [2.24, 2.45) is 0 Å². The van der Waals surface area contributed by atoms with Crippen molar-refractivity contribution < 1.29 is 4.74 Å². The molecule has 1 aliphatic heterocycles. The van der Waals surface area contributed by atoms with Crippen molar-refractivity contribution >= 4 is 23.4 Å². The Morgan fingerprint density at radius 1 is 1.62 bits per heavy atom. The van der Waals surface area contributed by atoms with E-state index in [1.807, 2.05) is 0 Å². The largest absolute Gasteiger partial charge is 0.356 e. The van der Waals surface area contributed by atoms with Crippen LogP contribution in [-0.2, 0) is 4.74 Å². The highest BCUT2D eigenvalue weighted by atomic mass is 35.5. The van der Waals surface area contributed by atoms with Crippen LogP contribution in [0.25, 0.3) is 0 Å². The Morgan fingerprint density at radius 2 is 2.38 bits per heavy atom. The summed E-state index contributed by atoms with van der Waals surface area (Å²) in [5.41, 5.74) is 5.59. The van der Waals surface area contributed by atoms with Crippen LogP contribution in [0.2, 0.25) is 0 Å². The van der Waals surface area contributed by atoms with Crippen molar-refractivity contribution in [3.8, 4) is 0 Å². The molecule has 2 unspecified atom stereocenters. The Bertz CT molecular complexity index is 83.7. The molecular formula is C3H7ClN2OS. The molecular weight excluding hydrogens is 148 g/mol. The zero-order valence-corrected chi connectivity index (χ0v) is 5.92. The van der Waals surface area contributed by atoms with Crippen molar-refractivity contribution in [3.63, 3.8) is 0 Å². The second kappa shape index (κ2) is 2.89. The fraction of sp³-hybridized carbons (Fsp3) is 1.00. The van der Waals surface area contributed by atoms with Crippen LogP contribution in [-0.4, -0.2) is 17.5 Å². The van der Waals surface area contributed by atoms with Crippen LogP contribution in [0.3, 0.4) is 0 Å². The minimum atomic E-state index is -0.0695. The van der Waals surface area contributed by atoms with Gasteiger partial charge in [-0.25, -0.2) is 10.9 Å². The van der Waals surface area contributed by atoms with Gasteiger partial charge >= 0.3 is 0 Å². The highest BCUT2D eigenvalue weighted by Crippen LogP contribution is 2.21. The summed E-state index contributed by atoms with van der Waals surface area (Å²) in [5, 5.41) is 0. The van der Waals surface area contributed by atoms with E-state index < -0.39 is 0 Å². The minimum Gasteiger partial charge on any atom is -0.356 e. The molecule has 0 aliphatic carbocycles. The highest BCUT2D eigenvalue weighted by Gasteiger charge is 2.20. The lowest BCUT2D eigenvalue weighted by molar-refractivity contribution is 0.142. The Hall–Kier alpha value is 0.520. The predicted octanol–water partition coefficient (Wildman–Crippen LogP) is 0.280. The standard InChI is InChI=1S/C3H7ClN2OS/c1-7-3-6-5-2(4)8-3/h2-3,5-6H,1H3. The summed E-state index contributed by atoms with van der Waals surface area (Å²) in [6.45, 7) is 0. The lowest BCUT2D eigenvalue weighted by Crippen LogP contribution is -2.32. The SMILES string of the molecule is COC1NNC(Cl)S1. The third kappa shape index (κ3) is 1.50. The molecule has 0 saturated carbocycles. The van der Waals surface area contributed by atoms with Crippen LogP contribution >= 0.6 is 23.4 Å². The molecule has 0 radical (unpaired) electrons. The summed E-state index contributed by atoms with van der Waals surface area (Å²) >= 11 is 7.08. The molecule has 5 heteroatoms. The van der Waals surface area contributed by atoms with Crippen molar-refractivity contribution in [1.29, 1.82) is 0 Å². The van der Waals surface area contributed by atoms with Gasteiger partial charge in [0.15, 0.2) is 5.56 Å². The smallest absolute Gasteiger partial charge is 0.170 e. The van der Waals surface area contributed by atoms with Crippen LogP contribution in [0.5, 0.6) is 0 Å². The molecule has 1 rings (SSSR count). The van der Waals surface area contributed by atoms with Gasteiger partial charge in [-0.2, -0.15) is 0 Å². The molecule has 3 nitrogen and oxygen atoms in total. The van der Waals surface area contributed by atoms with E-state index in [-0.39, 0.29) is 10.4 Å². The molecule has 1 heterocycles. The zero-order valence-electron chi connectivity index (χ0n) is 4.35. The molecule has 8 heavy (non-hydrogen) atoms. The lowest BCUT2D eigenvalue weighted by atomic mass is 11.2. The zero-order chi connectivity index (χ0) is 5.98. The molecule has 1 fully saturated rings. The second-order valence-electron chi connectivity index (χ2n) is 1.31. The highest BCUT2D eigenvalue weighted by molar-refractivity contribution is 8.01. The van der Waals surface area contributed by atoms with E-state index in [1.165, 1.54) is 11.8 Å². The number of methoxy groups -OCH3 is 1. The average Bonchev–Trinajstić information content (AvgIpc) is 2.14. The van der Waals surface area contributed by atoms with Gasteiger partial charge in [-0.05, 0) is 0 Å². The summed E-state index contributed by atoms with van der Waals surface area (Å²) in [6.07, 6.45) is 0. The van der Waals surface area contributed by atoms with Gasteiger partial charge in [0, 0.05) is 7.11 Å². The first-order valence-corrected chi connectivity index (χ1v) is 3.54. The predicted molar refractivity (Wildman–Crippen MR) is 34.3 cm³/mol. The number of alkyl halides is 1. The quantitative estimate of drug-likeness (QED) is 0.420. The van der Waals surface area contributed by atoms with Crippen LogP contribution in [0.1, 0.15) is 0 Å². The maximum Gasteiger partial charge on any atom is 0.170 e. The minimum absolute atomic E-state index is 0.00231. The number of hydrazine groups is 1. The van der Waals surface area contributed by atoms with Crippen molar-refractivity contribution in [2.75, 3.05) is 7.11 Å². The number of rotatable bonds is 1. The van der Waals surface area contributed by atoms with Gasteiger partial charge in [0.05, 0.1) is 0 Å². The Kier molecular flexibility index (Phi) is 2.40.